The van der Waals surface area contributed by atoms with Gasteiger partial charge in [0.25, 0.3) is 5.91 Å². The highest BCUT2D eigenvalue weighted by Crippen LogP contribution is 2.20. The summed E-state index contributed by atoms with van der Waals surface area (Å²) in [6.45, 7) is 2.45. The summed E-state index contributed by atoms with van der Waals surface area (Å²) in [5, 5.41) is 2.95. The Bertz CT molecular complexity index is 632. The molecule has 104 valence electrons. The number of rotatable bonds is 4. The van der Waals surface area contributed by atoms with Gasteiger partial charge in [-0.25, -0.2) is 4.98 Å². The van der Waals surface area contributed by atoms with Gasteiger partial charge in [-0.1, -0.05) is 17.7 Å². The van der Waals surface area contributed by atoms with Crippen LogP contribution in [0.4, 0.5) is 11.4 Å². The second-order valence-corrected chi connectivity index (χ2v) is 4.40. The zero-order valence-electron chi connectivity index (χ0n) is 10.9. The lowest BCUT2D eigenvalue weighted by atomic mass is 10.2. The number of hydrogen-bond acceptors (Lipinski definition) is 4. The van der Waals surface area contributed by atoms with Gasteiger partial charge in [0.1, 0.15) is 10.9 Å². The Morgan fingerprint density at radius 2 is 2.25 bits per heavy atom. The first-order valence-corrected chi connectivity index (χ1v) is 6.43. The normalized spacial score (nSPS) is 10.1. The Kier molecular flexibility index (Phi) is 4.42. The molecule has 0 spiro atoms. The SMILES string of the molecule is CCOc1cccc(NC(=O)c2cc(Cl)ncc2N)c1. The van der Waals surface area contributed by atoms with Crippen LogP contribution < -0.4 is 15.8 Å². The Labute approximate surface area is 121 Å². The minimum absolute atomic E-state index is 0.215. The van der Waals surface area contributed by atoms with Crippen molar-refractivity contribution in [3.8, 4) is 5.75 Å². The van der Waals surface area contributed by atoms with Crippen LogP contribution in [0.2, 0.25) is 5.15 Å². The van der Waals surface area contributed by atoms with Gasteiger partial charge < -0.3 is 15.8 Å². The number of nitrogens with one attached hydrogen (secondary N) is 1. The van der Waals surface area contributed by atoms with Crippen molar-refractivity contribution in [1.82, 2.24) is 4.98 Å². The molecule has 2 rings (SSSR count). The lowest BCUT2D eigenvalue weighted by Crippen LogP contribution is -2.14. The zero-order valence-corrected chi connectivity index (χ0v) is 11.6. The van der Waals surface area contributed by atoms with Crippen molar-refractivity contribution in [3.63, 3.8) is 0 Å². The molecule has 0 atom stereocenters. The van der Waals surface area contributed by atoms with Crippen molar-refractivity contribution < 1.29 is 9.53 Å². The van der Waals surface area contributed by atoms with E-state index in [-0.39, 0.29) is 22.3 Å². The van der Waals surface area contributed by atoms with Crippen molar-refractivity contribution in [1.29, 1.82) is 0 Å². The van der Waals surface area contributed by atoms with E-state index in [4.69, 9.17) is 22.1 Å². The smallest absolute Gasteiger partial charge is 0.257 e. The van der Waals surface area contributed by atoms with E-state index in [0.29, 0.717) is 18.0 Å². The topological polar surface area (TPSA) is 77.2 Å². The third-order valence-corrected chi connectivity index (χ3v) is 2.76. The number of nitrogen functional groups attached to an aromatic ring is 1. The van der Waals surface area contributed by atoms with E-state index in [1.807, 2.05) is 13.0 Å². The summed E-state index contributed by atoms with van der Waals surface area (Å²) in [5.41, 5.74) is 6.89. The molecule has 1 heterocycles. The van der Waals surface area contributed by atoms with Crippen LogP contribution in [0.25, 0.3) is 0 Å². The number of aromatic nitrogens is 1. The standard InChI is InChI=1S/C14H14ClN3O2/c1-2-20-10-5-3-4-9(6-10)18-14(19)11-7-13(15)17-8-12(11)16/h3-8H,2,16H2,1H3,(H,18,19). The number of carbonyl (C=O) groups is 1. The van der Waals surface area contributed by atoms with Crippen LogP contribution in [0.5, 0.6) is 5.75 Å². The summed E-state index contributed by atoms with van der Waals surface area (Å²) in [7, 11) is 0. The predicted octanol–water partition coefficient (Wildman–Crippen LogP) is 2.97. The molecule has 0 bridgehead atoms. The van der Waals surface area contributed by atoms with E-state index < -0.39 is 0 Å². The van der Waals surface area contributed by atoms with Crippen LogP contribution in [-0.4, -0.2) is 17.5 Å². The highest BCUT2D eigenvalue weighted by Gasteiger charge is 2.11. The van der Waals surface area contributed by atoms with E-state index in [0.717, 1.165) is 0 Å². The average molecular weight is 292 g/mol. The van der Waals surface area contributed by atoms with Gasteiger partial charge >= 0.3 is 0 Å². The molecule has 1 aromatic heterocycles. The van der Waals surface area contributed by atoms with Crippen LogP contribution in [0.3, 0.4) is 0 Å². The number of pyridine rings is 1. The maximum atomic E-state index is 12.1. The molecule has 0 saturated carbocycles. The first-order chi connectivity index (χ1) is 9.60. The summed E-state index contributed by atoms with van der Waals surface area (Å²) in [6, 6.07) is 8.54. The van der Waals surface area contributed by atoms with E-state index in [9.17, 15) is 4.79 Å². The molecule has 0 aliphatic rings. The second-order valence-electron chi connectivity index (χ2n) is 4.01. The fourth-order valence-electron chi connectivity index (χ4n) is 1.67. The Hall–Kier alpha value is -2.27. The number of halogens is 1. The first-order valence-electron chi connectivity index (χ1n) is 6.05. The number of nitrogens with zero attached hydrogens (tertiary/aromatic N) is 1. The van der Waals surface area contributed by atoms with Gasteiger partial charge in [0.2, 0.25) is 0 Å². The average Bonchev–Trinajstić information content (AvgIpc) is 2.42. The van der Waals surface area contributed by atoms with Crippen LogP contribution in [0.1, 0.15) is 17.3 Å². The minimum atomic E-state index is -0.347. The van der Waals surface area contributed by atoms with Crippen molar-refractivity contribution in [3.05, 3.63) is 47.2 Å². The molecule has 6 heteroatoms. The number of anilines is 2. The third kappa shape index (κ3) is 3.39. The summed E-state index contributed by atoms with van der Waals surface area (Å²) < 4.78 is 5.37. The third-order valence-electron chi connectivity index (χ3n) is 2.55. The fraction of sp³-hybridized carbons (Fsp3) is 0.143. The van der Waals surface area contributed by atoms with E-state index in [1.54, 1.807) is 18.2 Å². The number of benzene rings is 1. The van der Waals surface area contributed by atoms with Gasteiger partial charge in [0.15, 0.2) is 0 Å². The molecule has 0 unspecified atom stereocenters. The Morgan fingerprint density at radius 3 is 3.00 bits per heavy atom. The molecule has 0 fully saturated rings. The monoisotopic (exact) mass is 291 g/mol. The molecule has 20 heavy (non-hydrogen) atoms. The van der Waals surface area contributed by atoms with Gasteiger partial charge in [-0.05, 0) is 25.1 Å². The second kappa shape index (κ2) is 6.25. The molecule has 3 N–H and O–H groups in total. The maximum absolute atomic E-state index is 12.1. The molecule has 0 saturated heterocycles. The summed E-state index contributed by atoms with van der Waals surface area (Å²) in [6.07, 6.45) is 1.36. The van der Waals surface area contributed by atoms with E-state index in [1.165, 1.54) is 12.3 Å². The quantitative estimate of drug-likeness (QED) is 0.849. The van der Waals surface area contributed by atoms with Crippen molar-refractivity contribution >= 4 is 28.9 Å². The Morgan fingerprint density at radius 1 is 1.45 bits per heavy atom. The van der Waals surface area contributed by atoms with Crippen LogP contribution in [0.15, 0.2) is 36.5 Å². The summed E-state index contributed by atoms with van der Waals surface area (Å²) in [4.78, 5) is 15.9. The van der Waals surface area contributed by atoms with Crippen molar-refractivity contribution in [2.45, 2.75) is 6.92 Å². The number of hydrogen-bond donors (Lipinski definition) is 2. The van der Waals surface area contributed by atoms with Gasteiger partial charge in [0, 0.05) is 11.8 Å². The number of carbonyl (C=O) groups excluding carboxylic acids is 1. The van der Waals surface area contributed by atoms with Gasteiger partial charge in [-0.15, -0.1) is 0 Å². The molecule has 2 aromatic rings. The first kappa shape index (κ1) is 14.1. The molecule has 0 aliphatic heterocycles. The molecular formula is C14H14ClN3O2. The number of nitrogens with two attached hydrogens (primary N) is 1. The number of ether oxygens (including phenoxy) is 1. The van der Waals surface area contributed by atoms with Gasteiger partial charge in [-0.3, -0.25) is 4.79 Å². The zero-order chi connectivity index (χ0) is 14.5. The molecule has 0 aliphatic carbocycles. The van der Waals surface area contributed by atoms with Gasteiger partial charge in [-0.2, -0.15) is 0 Å². The van der Waals surface area contributed by atoms with Crippen LogP contribution >= 0.6 is 11.6 Å². The largest absolute Gasteiger partial charge is 0.494 e. The van der Waals surface area contributed by atoms with Crippen molar-refractivity contribution in [2.75, 3.05) is 17.7 Å². The van der Waals surface area contributed by atoms with Crippen LogP contribution in [0, 0.1) is 0 Å². The van der Waals surface area contributed by atoms with E-state index in [2.05, 4.69) is 10.3 Å². The summed E-state index contributed by atoms with van der Waals surface area (Å²) in [5.74, 6) is 0.339. The van der Waals surface area contributed by atoms with Gasteiger partial charge in [0.05, 0.1) is 24.1 Å². The Balaban J connectivity index is 2.19. The highest BCUT2D eigenvalue weighted by molar-refractivity contribution is 6.30. The molecule has 0 radical (unpaired) electrons. The van der Waals surface area contributed by atoms with E-state index >= 15 is 0 Å². The summed E-state index contributed by atoms with van der Waals surface area (Å²) >= 11 is 5.76. The molecule has 1 amide bonds. The highest BCUT2D eigenvalue weighted by atomic mass is 35.5. The lowest BCUT2D eigenvalue weighted by Gasteiger charge is -2.09. The molecule has 5 nitrogen and oxygen atoms in total. The predicted molar refractivity (Wildman–Crippen MR) is 79.2 cm³/mol. The minimum Gasteiger partial charge on any atom is -0.494 e. The number of amides is 1. The fourth-order valence-corrected chi connectivity index (χ4v) is 1.82. The maximum Gasteiger partial charge on any atom is 0.257 e. The van der Waals surface area contributed by atoms with Crippen molar-refractivity contribution in [2.24, 2.45) is 0 Å². The van der Waals surface area contributed by atoms with Crippen LogP contribution in [-0.2, 0) is 0 Å². The lowest BCUT2D eigenvalue weighted by molar-refractivity contribution is 0.102. The molecule has 1 aromatic carbocycles. The molecular weight excluding hydrogens is 278 g/mol.